The molecule has 7 nitrogen and oxygen atoms in total. The lowest BCUT2D eigenvalue weighted by atomic mass is 10.1. The van der Waals surface area contributed by atoms with Crippen LogP contribution in [0.2, 0.25) is 0 Å². The maximum atomic E-state index is 13.9. The van der Waals surface area contributed by atoms with Crippen LogP contribution in [0, 0.1) is 5.82 Å². The number of aliphatic imine (C=N–C) groups is 1. The molecule has 0 saturated heterocycles. The van der Waals surface area contributed by atoms with Crippen molar-refractivity contribution in [3.63, 3.8) is 0 Å². The molecule has 0 bridgehead atoms. The van der Waals surface area contributed by atoms with E-state index >= 15 is 0 Å². The van der Waals surface area contributed by atoms with Gasteiger partial charge < -0.3 is 24.6 Å². The normalized spacial score (nSPS) is 13.3. The van der Waals surface area contributed by atoms with Gasteiger partial charge in [-0.15, -0.1) is 24.0 Å². The van der Waals surface area contributed by atoms with Crippen LogP contribution in [-0.2, 0) is 37.2 Å². The Labute approximate surface area is 193 Å². The third kappa shape index (κ3) is 6.07. The number of hydrogen-bond donors (Lipinski definition) is 2. The van der Waals surface area contributed by atoms with Crippen molar-refractivity contribution >= 4 is 29.9 Å². The first-order valence-corrected chi connectivity index (χ1v) is 10.2. The molecule has 0 fully saturated rings. The summed E-state index contributed by atoms with van der Waals surface area (Å²) in [4.78, 5) is 4.68. The molecular weight excluding hydrogens is 502 g/mol. The SMILES string of the molecule is CCNC(=NCc1c(CC)noc1CC)NCCc1cc(F)cc2c1OCOC2.I. The largest absolute Gasteiger partial charge is 0.467 e. The summed E-state index contributed by atoms with van der Waals surface area (Å²) in [5.74, 6) is 2.03. The van der Waals surface area contributed by atoms with Crippen LogP contribution in [0.25, 0.3) is 0 Å². The smallest absolute Gasteiger partial charge is 0.191 e. The molecule has 30 heavy (non-hydrogen) atoms. The second kappa shape index (κ2) is 12.1. The van der Waals surface area contributed by atoms with E-state index in [2.05, 4.69) is 27.7 Å². The van der Waals surface area contributed by atoms with E-state index in [1.54, 1.807) is 0 Å². The van der Waals surface area contributed by atoms with Gasteiger partial charge in [0, 0.05) is 30.6 Å². The molecule has 2 N–H and O–H groups in total. The fourth-order valence-electron chi connectivity index (χ4n) is 3.37. The number of fused-ring (bicyclic) bond motifs is 1. The van der Waals surface area contributed by atoms with Crippen LogP contribution in [0.1, 0.15) is 48.9 Å². The first kappa shape index (κ1) is 24.4. The van der Waals surface area contributed by atoms with Crippen LogP contribution in [0.15, 0.2) is 21.6 Å². The van der Waals surface area contributed by atoms with Crippen LogP contribution >= 0.6 is 24.0 Å². The molecule has 9 heteroatoms. The Balaban J connectivity index is 0.00000320. The van der Waals surface area contributed by atoms with Gasteiger partial charge in [0.05, 0.1) is 18.8 Å². The van der Waals surface area contributed by atoms with Gasteiger partial charge in [0.15, 0.2) is 12.8 Å². The van der Waals surface area contributed by atoms with E-state index in [1.807, 2.05) is 13.8 Å². The average Bonchev–Trinajstić information content (AvgIpc) is 3.13. The fourth-order valence-corrected chi connectivity index (χ4v) is 3.37. The van der Waals surface area contributed by atoms with Gasteiger partial charge in [0.25, 0.3) is 0 Å². The number of nitrogens with zero attached hydrogens (tertiary/aromatic N) is 2. The average molecular weight is 532 g/mol. The summed E-state index contributed by atoms with van der Waals surface area (Å²) in [5.41, 5.74) is 3.58. The number of hydrogen-bond acceptors (Lipinski definition) is 5. The highest BCUT2D eigenvalue weighted by Crippen LogP contribution is 2.29. The summed E-state index contributed by atoms with van der Waals surface area (Å²) in [6.07, 6.45) is 2.21. The zero-order valence-electron chi connectivity index (χ0n) is 17.7. The minimum atomic E-state index is -0.278. The van der Waals surface area contributed by atoms with Crippen molar-refractivity contribution in [2.45, 2.75) is 53.2 Å². The number of guanidine groups is 1. The van der Waals surface area contributed by atoms with Gasteiger partial charge in [-0.2, -0.15) is 0 Å². The number of rotatable bonds is 8. The molecule has 3 rings (SSSR count). The molecule has 2 heterocycles. The van der Waals surface area contributed by atoms with Gasteiger partial charge in [0.2, 0.25) is 0 Å². The van der Waals surface area contributed by atoms with Gasteiger partial charge >= 0.3 is 0 Å². The molecule has 0 atom stereocenters. The quantitative estimate of drug-likeness (QED) is 0.307. The lowest BCUT2D eigenvalue weighted by Crippen LogP contribution is -2.38. The molecule has 1 aromatic heterocycles. The maximum absolute atomic E-state index is 13.9. The lowest BCUT2D eigenvalue weighted by molar-refractivity contribution is -0.0172. The second-order valence-corrected chi connectivity index (χ2v) is 6.77. The molecule has 0 unspecified atom stereocenters. The van der Waals surface area contributed by atoms with Crippen molar-refractivity contribution in [1.29, 1.82) is 0 Å². The second-order valence-electron chi connectivity index (χ2n) is 6.77. The van der Waals surface area contributed by atoms with E-state index in [9.17, 15) is 4.39 Å². The molecule has 1 aromatic carbocycles. The predicted octanol–water partition coefficient (Wildman–Crippen LogP) is 3.72. The van der Waals surface area contributed by atoms with Crippen LogP contribution in [-0.4, -0.2) is 31.0 Å². The molecule has 0 radical (unpaired) electrons. The van der Waals surface area contributed by atoms with Crippen LogP contribution < -0.4 is 15.4 Å². The lowest BCUT2D eigenvalue weighted by Gasteiger charge is -2.21. The van der Waals surface area contributed by atoms with Gasteiger partial charge in [-0.1, -0.05) is 19.0 Å². The molecule has 166 valence electrons. The summed E-state index contributed by atoms with van der Waals surface area (Å²) in [5, 5.41) is 10.7. The van der Waals surface area contributed by atoms with Crippen molar-refractivity contribution in [3.05, 3.63) is 46.1 Å². The van der Waals surface area contributed by atoms with E-state index in [1.165, 1.54) is 12.1 Å². The minimum absolute atomic E-state index is 0. The highest BCUT2D eigenvalue weighted by atomic mass is 127. The van der Waals surface area contributed by atoms with Gasteiger partial charge in [0.1, 0.15) is 17.3 Å². The fraction of sp³-hybridized carbons (Fsp3) is 0.524. The number of aromatic nitrogens is 1. The van der Waals surface area contributed by atoms with Crippen molar-refractivity contribution in [2.24, 2.45) is 4.99 Å². The number of aryl methyl sites for hydroxylation is 2. The Hall–Kier alpha value is -1.88. The Bertz CT molecular complexity index is 836. The molecule has 0 aliphatic carbocycles. The number of nitrogens with one attached hydrogen (secondary N) is 2. The molecule has 1 aliphatic heterocycles. The summed E-state index contributed by atoms with van der Waals surface area (Å²) in [7, 11) is 0. The Morgan fingerprint density at radius 2 is 2.03 bits per heavy atom. The predicted molar refractivity (Wildman–Crippen MR) is 124 cm³/mol. The first-order chi connectivity index (χ1) is 14.2. The van der Waals surface area contributed by atoms with Gasteiger partial charge in [-0.3, -0.25) is 0 Å². The highest BCUT2D eigenvalue weighted by Gasteiger charge is 2.17. The number of ether oxygens (including phenoxy) is 2. The first-order valence-electron chi connectivity index (χ1n) is 10.2. The maximum Gasteiger partial charge on any atom is 0.191 e. The molecular formula is C21H30FIN4O3. The zero-order chi connectivity index (χ0) is 20.6. The molecule has 0 saturated carbocycles. The van der Waals surface area contributed by atoms with E-state index in [0.717, 1.165) is 53.3 Å². The van der Waals surface area contributed by atoms with Crippen molar-refractivity contribution in [3.8, 4) is 5.75 Å². The van der Waals surface area contributed by atoms with Crippen LogP contribution in [0.5, 0.6) is 5.75 Å². The highest BCUT2D eigenvalue weighted by molar-refractivity contribution is 14.0. The van der Waals surface area contributed by atoms with Crippen molar-refractivity contribution in [2.75, 3.05) is 19.9 Å². The third-order valence-electron chi connectivity index (χ3n) is 4.78. The third-order valence-corrected chi connectivity index (χ3v) is 4.78. The standard InChI is InChI=1S/C21H29FN4O3.HI/c1-4-18-17(19(5-2)29-26-18)11-25-21(23-6-3)24-8-7-14-9-16(22)10-15-12-27-13-28-20(14)15;/h9-10H,4-8,11-13H2,1-3H3,(H2,23,24,25);1H. The summed E-state index contributed by atoms with van der Waals surface area (Å²) in [6, 6.07) is 2.99. The van der Waals surface area contributed by atoms with E-state index in [-0.39, 0.29) is 36.6 Å². The molecule has 1 aliphatic rings. The van der Waals surface area contributed by atoms with Crippen molar-refractivity contribution in [1.82, 2.24) is 15.8 Å². The van der Waals surface area contributed by atoms with E-state index in [4.69, 9.17) is 14.0 Å². The number of benzene rings is 1. The zero-order valence-corrected chi connectivity index (χ0v) is 20.0. The monoisotopic (exact) mass is 532 g/mol. The molecule has 0 spiro atoms. The van der Waals surface area contributed by atoms with Crippen LogP contribution in [0.4, 0.5) is 4.39 Å². The van der Waals surface area contributed by atoms with Crippen molar-refractivity contribution < 1.29 is 18.4 Å². The summed E-state index contributed by atoms with van der Waals surface area (Å²) >= 11 is 0. The Morgan fingerprint density at radius 1 is 1.20 bits per heavy atom. The van der Waals surface area contributed by atoms with E-state index < -0.39 is 0 Å². The summed E-state index contributed by atoms with van der Waals surface area (Å²) < 4.78 is 30.1. The van der Waals surface area contributed by atoms with E-state index in [0.29, 0.717) is 32.1 Å². The summed E-state index contributed by atoms with van der Waals surface area (Å²) in [6.45, 7) is 8.52. The van der Waals surface area contributed by atoms with Crippen LogP contribution in [0.3, 0.4) is 0 Å². The number of halogens is 2. The topological polar surface area (TPSA) is 80.9 Å². The Kier molecular flexibility index (Phi) is 9.83. The molecule has 2 aromatic rings. The molecule has 0 amide bonds. The minimum Gasteiger partial charge on any atom is -0.467 e. The van der Waals surface area contributed by atoms with Gasteiger partial charge in [-0.05, 0) is 37.5 Å². The van der Waals surface area contributed by atoms with Gasteiger partial charge in [-0.25, -0.2) is 9.38 Å². The Morgan fingerprint density at radius 3 is 2.77 bits per heavy atom.